The van der Waals surface area contributed by atoms with E-state index in [1.807, 2.05) is 6.92 Å². The minimum Gasteiger partial charge on any atom is -0.347 e. The predicted molar refractivity (Wildman–Crippen MR) is 63.3 cm³/mol. The lowest BCUT2D eigenvalue weighted by Crippen LogP contribution is -2.29. The lowest BCUT2D eigenvalue weighted by atomic mass is 10.2. The maximum Gasteiger partial charge on any atom is 0.253 e. The van der Waals surface area contributed by atoms with Gasteiger partial charge in [-0.3, -0.25) is 4.79 Å². The highest BCUT2D eigenvalue weighted by atomic mass is 19.1. The second-order valence-electron chi connectivity index (χ2n) is 3.78. The summed E-state index contributed by atoms with van der Waals surface area (Å²) in [5.41, 5.74) is 0.321. The molecule has 0 aromatic carbocycles. The van der Waals surface area contributed by atoms with Gasteiger partial charge in [0.2, 0.25) is 5.95 Å². The Bertz CT molecular complexity index is 509. The molecule has 6 heteroatoms. The first-order valence-corrected chi connectivity index (χ1v) is 5.62. The summed E-state index contributed by atoms with van der Waals surface area (Å²) in [6.45, 7) is 1.94. The van der Waals surface area contributed by atoms with Crippen LogP contribution in [0.25, 0.3) is 0 Å². The number of amides is 1. The number of pyridine rings is 1. The van der Waals surface area contributed by atoms with Gasteiger partial charge in [-0.15, -0.1) is 0 Å². The van der Waals surface area contributed by atoms with E-state index in [-0.39, 0.29) is 11.9 Å². The molecule has 2 N–H and O–H groups in total. The molecule has 0 radical (unpaired) electrons. The van der Waals surface area contributed by atoms with Crippen LogP contribution >= 0.6 is 0 Å². The molecular weight excluding hydrogens is 235 g/mol. The molecule has 0 fully saturated rings. The first-order valence-electron chi connectivity index (χ1n) is 5.62. The van der Waals surface area contributed by atoms with Crippen LogP contribution in [0.1, 0.15) is 35.6 Å². The summed E-state index contributed by atoms with van der Waals surface area (Å²) in [5.74, 6) is -0.212. The van der Waals surface area contributed by atoms with Gasteiger partial charge in [-0.1, -0.05) is 6.92 Å². The van der Waals surface area contributed by atoms with Gasteiger partial charge >= 0.3 is 0 Å². The first-order chi connectivity index (χ1) is 8.70. The number of carbonyl (C=O) groups is 1. The van der Waals surface area contributed by atoms with Crippen molar-refractivity contribution in [3.63, 3.8) is 0 Å². The van der Waals surface area contributed by atoms with Gasteiger partial charge in [0.15, 0.2) is 0 Å². The van der Waals surface area contributed by atoms with Gasteiger partial charge < -0.3 is 10.3 Å². The lowest BCUT2D eigenvalue weighted by Gasteiger charge is -2.14. The Balaban J connectivity index is 2.08. The van der Waals surface area contributed by atoms with Crippen molar-refractivity contribution in [3.05, 3.63) is 48.1 Å². The molecule has 1 atom stereocenters. The van der Waals surface area contributed by atoms with E-state index in [1.54, 1.807) is 12.4 Å². The van der Waals surface area contributed by atoms with Gasteiger partial charge in [-0.05, 0) is 18.6 Å². The highest BCUT2D eigenvalue weighted by Gasteiger charge is 2.16. The maximum absolute atomic E-state index is 12.6. The summed E-state index contributed by atoms with van der Waals surface area (Å²) in [4.78, 5) is 22.4. The number of hydrogen-bond donors (Lipinski definition) is 2. The smallest absolute Gasteiger partial charge is 0.253 e. The van der Waals surface area contributed by atoms with Crippen molar-refractivity contribution in [2.45, 2.75) is 19.4 Å². The normalized spacial score (nSPS) is 12.1. The number of aromatic amines is 1. The minimum atomic E-state index is -0.607. The molecule has 0 aliphatic rings. The lowest BCUT2D eigenvalue weighted by molar-refractivity contribution is 0.0933. The van der Waals surface area contributed by atoms with Crippen molar-refractivity contribution in [2.24, 2.45) is 0 Å². The average molecular weight is 248 g/mol. The standard InChI is InChI=1S/C12H13FN4O/c1-2-9(11-14-5-6-15-11)17-12(18)8-3-4-10(13)16-7-8/h3-7,9H,2H2,1H3,(H,14,15)(H,17,18). The zero-order valence-electron chi connectivity index (χ0n) is 9.85. The Hall–Kier alpha value is -2.24. The summed E-state index contributed by atoms with van der Waals surface area (Å²) in [6.07, 6.45) is 5.24. The third-order valence-electron chi connectivity index (χ3n) is 2.55. The monoisotopic (exact) mass is 248 g/mol. The highest BCUT2D eigenvalue weighted by Crippen LogP contribution is 2.12. The van der Waals surface area contributed by atoms with Gasteiger partial charge in [0, 0.05) is 18.6 Å². The average Bonchev–Trinajstić information content (AvgIpc) is 2.90. The van der Waals surface area contributed by atoms with E-state index >= 15 is 0 Å². The SMILES string of the molecule is CCC(NC(=O)c1ccc(F)nc1)c1ncc[nH]1. The van der Waals surface area contributed by atoms with Crippen LogP contribution in [0.5, 0.6) is 0 Å². The van der Waals surface area contributed by atoms with Gasteiger partial charge in [0.25, 0.3) is 5.91 Å². The molecule has 2 aromatic rings. The molecule has 0 aliphatic carbocycles. The number of halogens is 1. The molecule has 2 rings (SSSR count). The Morgan fingerprint density at radius 2 is 2.33 bits per heavy atom. The molecule has 0 saturated carbocycles. The molecular formula is C12H13FN4O. The molecule has 18 heavy (non-hydrogen) atoms. The summed E-state index contributed by atoms with van der Waals surface area (Å²) >= 11 is 0. The van der Waals surface area contributed by atoms with Gasteiger partial charge in [0.05, 0.1) is 11.6 Å². The summed E-state index contributed by atoms with van der Waals surface area (Å²) in [6, 6.07) is 2.35. The number of rotatable bonds is 4. The van der Waals surface area contributed by atoms with E-state index in [1.165, 1.54) is 12.3 Å². The van der Waals surface area contributed by atoms with Crippen molar-refractivity contribution in [3.8, 4) is 0 Å². The van der Waals surface area contributed by atoms with Crippen LogP contribution < -0.4 is 5.32 Å². The Labute approximate surface area is 103 Å². The number of imidazole rings is 1. The van der Waals surface area contributed by atoms with Gasteiger partial charge in [0.1, 0.15) is 5.82 Å². The van der Waals surface area contributed by atoms with E-state index in [9.17, 15) is 9.18 Å². The van der Waals surface area contributed by atoms with Crippen molar-refractivity contribution >= 4 is 5.91 Å². The number of aromatic nitrogens is 3. The summed E-state index contributed by atoms with van der Waals surface area (Å²) in [7, 11) is 0. The van der Waals surface area contributed by atoms with Gasteiger partial charge in [-0.25, -0.2) is 9.97 Å². The molecule has 5 nitrogen and oxygen atoms in total. The molecule has 0 aliphatic heterocycles. The topological polar surface area (TPSA) is 70.7 Å². The Morgan fingerprint density at radius 3 is 2.89 bits per heavy atom. The van der Waals surface area contributed by atoms with Crippen molar-refractivity contribution < 1.29 is 9.18 Å². The molecule has 0 bridgehead atoms. The molecule has 2 heterocycles. The maximum atomic E-state index is 12.6. The van der Waals surface area contributed by atoms with E-state index in [4.69, 9.17) is 0 Å². The largest absolute Gasteiger partial charge is 0.347 e. The van der Waals surface area contributed by atoms with Crippen molar-refractivity contribution in [1.29, 1.82) is 0 Å². The van der Waals surface area contributed by atoms with E-state index in [0.29, 0.717) is 17.8 Å². The number of H-pyrrole nitrogens is 1. The fraction of sp³-hybridized carbons (Fsp3) is 0.250. The van der Waals surface area contributed by atoms with E-state index < -0.39 is 5.95 Å². The third kappa shape index (κ3) is 2.71. The fourth-order valence-corrected chi connectivity index (χ4v) is 1.58. The zero-order chi connectivity index (χ0) is 13.0. The molecule has 2 aromatic heterocycles. The number of nitrogens with one attached hydrogen (secondary N) is 2. The molecule has 1 amide bonds. The second kappa shape index (κ2) is 5.39. The van der Waals surface area contributed by atoms with E-state index in [0.717, 1.165) is 6.07 Å². The third-order valence-corrected chi connectivity index (χ3v) is 2.55. The quantitative estimate of drug-likeness (QED) is 0.811. The van der Waals surface area contributed by atoms with Gasteiger partial charge in [-0.2, -0.15) is 4.39 Å². The van der Waals surface area contributed by atoms with Crippen LogP contribution in [0.15, 0.2) is 30.7 Å². The highest BCUT2D eigenvalue weighted by molar-refractivity contribution is 5.94. The summed E-state index contributed by atoms with van der Waals surface area (Å²) < 4.78 is 12.6. The Kier molecular flexibility index (Phi) is 3.66. The van der Waals surface area contributed by atoms with Crippen LogP contribution in [0.2, 0.25) is 0 Å². The minimum absolute atomic E-state index is 0.197. The zero-order valence-corrected chi connectivity index (χ0v) is 9.85. The van der Waals surface area contributed by atoms with E-state index in [2.05, 4.69) is 20.3 Å². The number of nitrogens with zero attached hydrogens (tertiary/aromatic N) is 2. The molecule has 0 spiro atoms. The fourth-order valence-electron chi connectivity index (χ4n) is 1.58. The molecule has 1 unspecified atom stereocenters. The van der Waals surface area contributed by atoms with Crippen molar-refractivity contribution in [1.82, 2.24) is 20.3 Å². The number of hydrogen-bond acceptors (Lipinski definition) is 3. The Morgan fingerprint density at radius 1 is 1.50 bits per heavy atom. The van der Waals surface area contributed by atoms with Crippen LogP contribution in [-0.2, 0) is 0 Å². The predicted octanol–water partition coefficient (Wildman–Crippen LogP) is 1.82. The van der Waals surface area contributed by atoms with Crippen LogP contribution in [0, 0.1) is 5.95 Å². The second-order valence-corrected chi connectivity index (χ2v) is 3.78. The van der Waals surface area contributed by atoms with Crippen LogP contribution in [-0.4, -0.2) is 20.9 Å². The van der Waals surface area contributed by atoms with Crippen molar-refractivity contribution in [2.75, 3.05) is 0 Å². The van der Waals surface area contributed by atoms with Crippen LogP contribution in [0.4, 0.5) is 4.39 Å². The first kappa shape index (κ1) is 12.2. The molecule has 94 valence electrons. The number of carbonyl (C=O) groups excluding carboxylic acids is 1. The molecule has 0 saturated heterocycles. The summed E-state index contributed by atoms with van der Waals surface area (Å²) in [5, 5.41) is 2.81. The van der Waals surface area contributed by atoms with Crippen LogP contribution in [0.3, 0.4) is 0 Å².